The highest BCUT2D eigenvalue weighted by molar-refractivity contribution is 7.71. The zero-order valence-corrected chi connectivity index (χ0v) is 11.2. The van der Waals surface area contributed by atoms with Crippen LogP contribution in [0.2, 0.25) is 0 Å². The van der Waals surface area contributed by atoms with E-state index in [9.17, 15) is 9.90 Å². The standard InChI is InChI=1S/C12H15N3O2S/c1-4-7-13-8-9-10(16)14(5-2)12(18)15(6-3)11(9)17/h1,8,16H,5-7H2,2-3H3. The van der Waals surface area contributed by atoms with Crippen LogP contribution in [0.4, 0.5) is 0 Å². The molecule has 1 rings (SSSR count). The first-order chi connectivity index (χ1) is 8.58. The van der Waals surface area contributed by atoms with Gasteiger partial charge < -0.3 is 5.11 Å². The first-order valence-electron chi connectivity index (χ1n) is 5.58. The van der Waals surface area contributed by atoms with Gasteiger partial charge in [0.2, 0.25) is 5.88 Å². The van der Waals surface area contributed by atoms with Crippen LogP contribution >= 0.6 is 12.2 Å². The molecule has 0 aromatic carbocycles. The van der Waals surface area contributed by atoms with Crippen molar-refractivity contribution in [1.82, 2.24) is 9.13 Å². The van der Waals surface area contributed by atoms with Gasteiger partial charge in [-0.1, -0.05) is 5.92 Å². The maximum Gasteiger partial charge on any atom is 0.267 e. The molecular weight excluding hydrogens is 250 g/mol. The van der Waals surface area contributed by atoms with Gasteiger partial charge in [-0.3, -0.25) is 18.9 Å². The molecule has 1 heterocycles. The van der Waals surface area contributed by atoms with E-state index in [-0.39, 0.29) is 23.5 Å². The summed E-state index contributed by atoms with van der Waals surface area (Å²) in [6.07, 6.45) is 6.37. The Balaban J connectivity index is 3.57. The summed E-state index contributed by atoms with van der Waals surface area (Å²) in [5, 5.41) is 10.0. The van der Waals surface area contributed by atoms with Gasteiger partial charge in [-0.05, 0) is 26.1 Å². The lowest BCUT2D eigenvalue weighted by molar-refractivity contribution is 0.399. The summed E-state index contributed by atoms with van der Waals surface area (Å²) in [7, 11) is 0. The van der Waals surface area contributed by atoms with E-state index in [2.05, 4.69) is 10.9 Å². The summed E-state index contributed by atoms with van der Waals surface area (Å²) in [5.74, 6) is 2.16. The normalized spacial score (nSPS) is 10.7. The molecule has 6 heteroatoms. The van der Waals surface area contributed by atoms with Gasteiger partial charge in [-0.25, -0.2) is 0 Å². The molecule has 0 radical (unpaired) electrons. The minimum absolute atomic E-state index is 0.113. The molecule has 0 fully saturated rings. The summed E-state index contributed by atoms with van der Waals surface area (Å²) in [6, 6.07) is 0. The molecule has 0 spiro atoms. The molecule has 1 aromatic heterocycles. The van der Waals surface area contributed by atoms with E-state index < -0.39 is 0 Å². The van der Waals surface area contributed by atoms with Crippen molar-refractivity contribution >= 4 is 18.4 Å². The average Bonchev–Trinajstić information content (AvgIpc) is 2.34. The Bertz CT molecular complexity index is 620. The third-order valence-electron chi connectivity index (χ3n) is 2.47. The van der Waals surface area contributed by atoms with Gasteiger partial charge in [0, 0.05) is 19.3 Å². The van der Waals surface area contributed by atoms with Gasteiger partial charge in [0.05, 0.1) is 6.54 Å². The zero-order valence-electron chi connectivity index (χ0n) is 10.4. The lowest BCUT2D eigenvalue weighted by atomic mass is 10.3. The lowest BCUT2D eigenvalue weighted by Crippen LogP contribution is -2.28. The van der Waals surface area contributed by atoms with E-state index in [4.69, 9.17) is 18.6 Å². The second-order valence-electron chi connectivity index (χ2n) is 3.49. The van der Waals surface area contributed by atoms with Crippen LogP contribution in [0.5, 0.6) is 5.88 Å². The molecule has 1 N–H and O–H groups in total. The van der Waals surface area contributed by atoms with Crippen molar-refractivity contribution in [2.24, 2.45) is 4.99 Å². The summed E-state index contributed by atoms with van der Waals surface area (Å²) in [5.41, 5.74) is -0.243. The maximum absolute atomic E-state index is 12.1. The fraction of sp³-hybridized carbons (Fsp3) is 0.417. The molecule has 0 saturated carbocycles. The Morgan fingerprint density at radius 3 is 2.56 bits per heavy atom. The highest BCUT2D eigenvalue weighted by atomic mass is 32.1. The molecule has 0 aliphatic rings. The van der Waals surface area contributed by atoms with Crippen LogP contribution in [0.1, 0.15) is 19.4 Å². The highest BCUT2D eigenvalue weighted by Gasteiger charge is 2.13. The number of hydrogen-bond donors (Lipinski definition) is 1. The minimum Gasteiger partial charge on any atom is -0.494 e. The third-order valence-corrected chi connectivity index (χ3v) is 2.91. The number of aliphatic imine (C=N–C) groups is 1. The second-order valence-corrected chi connectivity index (χ2v) is 3.85. The molecular formula is C12H15N3O2S. The number of terminal acetylenes is 1. The molecule has 0 aliphatic heterocycles. The Morgan fingerprint density at radius 1 is 1.44 bits per heavy atom. The average molecular weight is 265 g/mol. The van der Waals surface area contributed by atoms with Crippen LogP contribution in [0, 0.1) is 17.1 Å². The molecule has 0 unspecified atom stereocenters. The van der Waals surface area contributed by atoms with E-state index in [0.717, 1.165) is 0 Å². The monoisotopic (exact) mass is 265 g/mol. The number of hydrogen-bond acceptors (Lipinski definition) is 4. The second kappa shape index (κ2) is 6.17. The topological polar surface area (TPSA) is 59.5 Å². The Morgan fingerprint density at radius 2 is 2.06 bits per heavy atom. The lowest BCUT2D eigenvalue weighted by Gasteiger charge is -2.13. The molecule has 5 nitrogen and oxygen atoms in total. The first kappa shape index (κ1) is 14.2. The van der Waals surface area contributed by atoms with E-state index in [1.165, 1.54) is 15.3 Å². The van der Waals surface area contributed by atoms with Crippen molar-refractivity contribution in [3.8, 4) is 18.2 Å². The van der Waals surface area contributed by atoms with Gasteiger partial charge in [0.15, 0.2) is 4.77 Å². The van der Waals surface area contributed by atoms with E-state index in [1.54, 1.807) is 0 Å². The van der Waals surface area contributed by atoms with Gasteiger partial charge in [-0.2, -0.15) is 0 Å². The molecule has 0 atom stereocenters. The van der Waals surface area contributed by atoms with Crippen molar-refractivity contribution in [2.45, 2.75) is 26.9 Å². The summed E-state index contributed by atoms with van der Waals surface area (Å²) in [4.78, 5) is 16.0. The first-order valence-corrected chi connectivity index (χ1v) is 5.99. The van der Waals surface area contributed by atoms with Crippen molar-refractivity contribution in [2.75, 3.05) is 6.54 Å². The van der Waals surface area contributed by atoms with Crippen LogP contribution in [0.15, 0.2) is 9.79 Å². The Hall–Kier alpha value is -1.87. The van der Waals surface area contributed by atoms with Crippen molar-refractivity contribution in [3.05, 3.63) is 20.7 Å². The largest absolute Gasteiger partial charge is 0.494 e. The summed E-state index contributed by atoms with van der Waals surface area (Å²) >= 11 is 5.15. The Labute approximate surface area is 110 Å². The fourth-order valence-corrected chi connectivity index (χ4v) is 2.00. The number of aromatic nitrogens is 2. The molecule has 0 amide bonds. The molecule has 1 aromatic rings. The third kappa shape index (κ3) is 2.51. The van der Waals surface area contributed by atoms with E-state index in [0.29, 0.717) is 17.9 Å². The zero-order chi connectivity index (χ0) is 13.7. The molecule has 18 heavy (non-hydrogen) atoms. The van der Waals surface area contributed by atoms with Crippen molar-refractivity contribution < 1.29 is 5.11 Å². The fourth-order valence-electron chi connectivity index (χ4n) is 1.58. The SMILES string of the molecule is C#CCN=Cc1c(O)n(CC)c(=S)n(CC)c1=O. The predicted molar refractivity (Wildman–Crippen MR) is 73.8 cm³/mol. The number of nitrogens with zero attached hydrogens (tertiary/aromatic N) is 3. The van der Waals surface area contributed by atoms with Crippen LogP contribution in [0.3, 0.4) is 0 Å². The van der Waals surface area contributed by atoms with Crippen molar-refractivity contribution in [1.29, 1.82) is 0 Å². The van der Waals surface area contributed by atoms with Gasteiger partial charge in [-0.15, -0.1) is 6.42 Å². The number of rotatable bonds is 4. The molecule has 0 bridgehead atoms. The Kier molecular flexibility index (Phi) is 4.86. The van der Waals surface area contributed by atoms with Gasteiger partial charge in [0.1, 0.15) is 5.56 Å². The van der Waals surface area contributed by atoms with Gasteiger partial charge in [0.25, 0.3) is 5.56 Å². The summed E-state index contributed by atoms with van der Waals surface area (Å²) in [6.45, 7) is 4.72. The van der Waals surface area contributed by atoms with Crippen LogP contribution in [-0.4, -0.2) is 27.0 Å². The maximum atomic E-state index is 12.1. The van der Waals surface area contributed by atoms with Crippen LogP contribution < -0.4 is 5.56 Å². The minimum atomic E-state index is -0.356. The molecule has 0 saturated heterocycles. The van der Waals surface area contributed by atoms with Crippen LogP contribution in [-0.2, 0) is 13.1 Å². The number of aromatic hydroxyl groups is 1. The quantitative estimate of drug-likeness (QED) is 0.505. The summed E-state index contributed by atoms with van der Waals surface area (Å²) < 4.78 is 3.20. The highest BCUT2D eigenvalue weighted by Crippen LogP contribution is 2.12. The van der Waals surface area contributed by atoms with E-state index in [1.807, 2.05) is 13.8 Å². The van der Waals surface area contributed by atoms with Crippen molar-refractivity contribution in [3.63, 3.8) is 0 Å². The predicted octanol–water partition coefficient (Wildman–Crippen LogP) is 1.18. The van der Waals surface area contributed by atoms with E-state index >= 15 is 0 Å². The van der Waals surface area contributed by atoms with Crippen LogP contribution in [0.25, 0.3) is 0 Å². The molecule has 0 aliphatic carbocycles. The smallest absolute Gasteiger partial charge is 0.267 e. The molecule has 96 valence electrons. The van der Waals surface area contributed by atoms with Gasteiger partial charge >= 0.3 is 0 Å².